The number of amides is 1. The van der Waals surface area contributed by atoms with Gasteiger partial charge in [0.15, 0.2) is 0 Å². The molecule has 0 saturated heterocycles. The number of hydrogen-bond donors (Lipinski definition) is 1. The summed E-state index contributed by atoms with van der Waals surface area (Å²) in [5, 5.41) is 12.5. The fourth-order valence-corrected chi connectivity index (χ4v) is 4.06. The van der Waals surface area contributed by atoms with Crippen LogP contribution in [0.1, 0.15) is 16.7 Å². The van der Waals surface area contributed by atoms with Gasteiger partial charge in [0.25, 0.3) is 5.91 Å². The lowest BCUT2D eigenvalue weighted by Crippen LogP contribution is -2.14. The van der Waals surface area contributed by atoms with Crippen LogP contribution in [0, 0.1) is 25.2 Å². The lowest BCUT2D eigenvalue weighted by atomic mass is 10.1. The summed E-state index contributed by atoms with van der Waals surface area (Å²) >= 11 is 6.06. The Labute approximate surface area is 191 Å². The Morgan fingerprint density at radius 2 is 1.78 bits per heavy atom. The lowest BCUT2D eigenvalue weighted by Gasteiger charge is -2.11. The molecule has 6 nitrogen and oxygen atoms in total. The Bertz CT molecular complexity index is 1340. The van der Waals surface area contributed by atoms with Gasteiger partial charge in [-0.25, -0.2) is 0 Å². The van der Waals surface area contributed by atoms with Crippen LogP contribution >= 0.6 is 11.6 Å². The summed E-state index contributed by atoms with van der Waals surface area (Å²) in [6, 6.07) is 19.2. The van der Waals surface area contributed by atoms with Gasteiger partial charge in [0.1, 0.15) is 22.3 Å². The first-order valence-electron chi connectivity index (χ1n) is 9.49. The highest BCUT2D eigenvalue weighted by Gasteiger charge is 2.19. The van der Waals surface area contributed by atoms with E-state index in [0.717, 1.165) is 11.1 Å². The molecule has 0 saturated carbocycles. The normalized spacial score (nSPS) is 11.5. The van der Waals surface area contributed by atoms with Crippen LogP contribution in [0.4, 0.5) is 5.69 Å². The molecule has 8 heteroatoms. The van der Waals surface area contributed by atoms with E-state index in [1.165, 1.54) is 36.4 Å². The second-order valence-corrected chi connectivity index (χ2v) is 8.96. The van der Waals surface area contributed by atoms with E-state index in [-0.39, 0.29) is 26.8 Å². The van der Waals surface area contributed by atoms with Crippen LogP contribution in [-0.4, -0.2) is 14.3 Å². The second kappa shape index (κ2) is 9.69. The first kappa shape index (κ1) is 23.1. The number of nitrogens with one attached hydrogen (secondary N) is 1. The van der Waals surface area contributed by atoms with Crippen molar-refractivity contribution < 1.29 is 17.4 Å². The third-order valence-corrected chi connectivity index (χ3v) is 5.98. The van der Waals surface area contributed by atoms with Gasteiger partial charge in [0.05, 0.1) is 0 Å². The van der Waals surface area contributed by atoms with E-state index < -0.39 is 16.0 Å². The highest BCUT2D eigenvalue weighted by atomic mass is 35.5. The number of rotatable bonds is 6. The molecule has 0 aliphatic heterocycles. The molecule has 32 heavy (non-hydrogen) atoms. The molecule has 3 aromatic rings. The molecule has 0 heterocycles. The van der Waals surface area contributed by atoms with Crippen molar-refractivity contribution in [2.24, 2.45) is 0 Å². The molecular formula is C24H19ClN2O4S. The monoisotopic (exact) mass is 466 g/mol. The molecule has 0 fully saturated rings. The van der Waals surface area contributed by atoms with Crippen LogP contribution in [-0.2, 0) is 14.9 Å². The predicted molar refractivity (Wildman–Crippen MR) is 124 cm³/mol. The molecule has 0 atom stereocenters. The largest absolute Gasteiger partial charge is 0.378 e. The molecule has 0 spiro atoms. The van der Waals surface area contributed by atoms with E-state index in [4.69, 9.17) is 15.8 Å². The number of nitriles is 1. The third-order valence-electron chi connectivity index (χ3n) is 4.50. The number of hydrogen-bond acceptors (Lipinski definition) is 5. The van der Waals surface area contributed by atoms with Gasteiger partial charge in [-0.1, -0.05) is 47.5 Å². The van der Waals surface area contributed by atoms with Crippen molar-refractivity contribution >= 4 is 39.4 Å². The topological polar surface area (TPSA) is 96.3 Å². The lowest BCUT2D eigenvalue weighted by molar-refractivity contribution is -0.112. The first-order valence-corrected chi connectivity index (χ1v) is 11.3. The molecule has 3 rings (SSSR count). The summed E-state index contributed by atoms with van der Waals surface area (Å²) in [5.41, 5.74) is 2.38. The number of halogens is 1. The van der Waals surface area contributed by atoms with Gasteiger partial charge in [-0.2, -0.15) is 13.7 Å². The van der Waals surface area contributed by atoms with Crippen LogP contribution in [0.3, 0.4) is 0 Å². The predicted octanol–water partition coefficient (Wildman–Crippen LogP) is 5.27. The highest BCUT2D eigenvalue weighted by Crippen LogP contribution is 2.28. The maximum Gasteiger partial charge on any atom is 0.339 e. The Morgan fingerprint density at radius 1 is 1.06 bits per heavy atom. The van der Waals surface area contributed by atoms with E-state index in [9.17, 15) is 18.5 Å². The molecule has 3 aromatic carbocycles. The Hall–Kier alpha value is -3.60. The SMILES string of the molecule is Cc1ccc(NC(=O)/C(C#N)=C/c2cc(Cl)ccc2OS(=O)(=O)c2ccccc2)c(C)c1. The van der Waals surface area contributed by atoms with Crippen molar-refractivity contribution in [2.45, 2.75) is 18.7 Å². The summed E-state index contributed by atoms with van der Waals surface area (Å²) in [4.78, 5) is 12.7. The maximum atomic E-state index is 12.7. The average Bonchev–Trinajstić information content (AvgIpc) is 2.76. The van der Waals surface area contributed by atoms with Crippen molar-refractivity contribution in [1.29, 1.82) is 5.26 Å². The van der Waals surface area contributed by atoms with E-state index in [1.807, 2.05) is 32.0 Å². The average molecular weight is 467 g/mol. The molecular weight excluding hydrogens is 448 g/mol. The van der Waals surface area contributed by atoms with Crippen LogP contribution in [0.5, 0.6) is 5.75 Å². The van der Waals surface area contributed by atoms with E-state index >= 15 is 0 Å². The molecule has 1 N–H and O–H groups in total. The number of anilines is 1. The standard InChI is InChI=1S/C24H19ClN2O4S/c1-16-8-10-22(17(2)12-16)27-24(28)19(15-26)13-18-14-20(25)9-11-23(18)31-32(29,30)21-6-4-3-5-7-21/h3-14H,1-2H3,(H,27,28)/b19-13+. The number of benzene rings is 3. The number of carbonyl (C=O) groups excluding carboxylic acids is 1. The molecule has 1 amide bonds. The molecule has 0 unspecified atom stereocenters. The van der Waals surface area contributed by atoms with Crippen molar-refractivity contribution in [1.82, 2.24) is 0 Å². The van der Waals surface area contributed by atoms with Gasteiger partial charge >= 0.3 is 10.1 Å². The van der Waals surface area contributed by atoms with Crippen LogP contribution in [0.25, 0.3) is 6.08 Å². The zero-order chi connectivity index (χ0) is 23.3. The Morgan fingerprint density at radius 3 is 2.44 bits per heavy atom. The molecule has 0 aliphatic rings. The van der Waals surface area contributed by atoms with E-state index in [2.05, 4.69) is 5.32 Å². The van der Waals surface area contributed by atoms with Gasteiger partial charge in [-0.05, 0) is 61.9 Å². The summed E-state index contributed by atoms with van der Waals surface area (Å²) in [6.45, 7) is 3.78. The first-order chi connectivity index (χ1) is 15.2. The van der Waals surface area contributed by atoms with Crippen LogP contribution in [0.2, 0.25) is 5.02 Å². The van der Waals surface area contributed by atoms with Gasteiger partial charge in [-0.15, -0.1) is 0 Å². The van der Waals surface area contributed by atoms with Gasteiger partial charge in [-0.3, -0.25) is 4.79 Å². The van der Waals surface area contributed by atoms with Crippen molar-refractivity contribution in [3.05, 3.63) is 94.0 Å². The zero-order valence-corrected chi connectivity index (χ0v) is 18.9. The van der Waals surface area contributed by atoms with Crippen LogP contribution in [0.15, 0.2) is 77.2 Å². The maximum absolute atomic E-state index is 12.7. The van der Waals surface area contributed by atoms with Crippen molar-refractivity contribution in [3.8, 4) is 11.8 Å². The number of nitrogens with zero attached hydrogens (tertiary/aromatic N) is 1. The number of carbonyl (C=O) groups is 1. The fraction of sp³-hybridized carbons (Fsp3) is 0.0833. The smallest absolute Gasteiger partial charge is 0.339 e. The highest BCUT2D eigenvalue weighted by molar-refractivity contribution is 7.87. The minimum atomic E-state index is -4.13. The third kappa shape index (κ3) is 5.55. The van der Waals surface area contributed by atoms with Gasteiger partial charge in [0, 0.05) is 16.3 Å². The van der Waals surface area contributed by atoms with E-state index in [1.54, 1.807) is 24.3 Å². The summed E-state index contributed by atoms with van der Waals surface area (Å²) < 4.78 is 30.5. The number of aryl methyl sites for hydroxylation is 2. The summed E-state index contributed by atoms with van der Waals surface area (Å²) in [7, 11) is -4.13. The molecule has 0 aliphatic carbocycles. The minimum absolute atomic E-state index is 0.0297. The van der Waals surface area contributed by atoms with Crippen molar-refractivity contribution in [2.75, 3.05) is 5.32 Å². The van der Waals surface area contributed by atoms with Gasteiger partial charge < -0.3 is 9.50 Å². The molecule has 162 valence electrons. The molecule has 0 radical (unpaired) electrons. The summed E-state index contributed by atoms with van der Waals surface area (Å²) in [5.74, 6) is -0.707. The van der Waals surface area contributed by atoms with Gasteiger partial charge in [0.2, 0.25) is 0 Å². The minimum Gasteiger partial charge on any atom is -0.378 e. The molecule has 0 aromatic heterocycles. The molecule has 0 bridgehead atoms. The quantitative estimate of drug-likeness (QED) is 0.303. The Balaban J connectivity index is 1.94. The van der Waals surface area contributed by atoms with Crippen molar-refractivity contribution in [3.63, 3.8) is 0 Å². The Kier molecular flexibility index (Phi) is 6.98. The van der Waals surface area contributed by atoms with Crippen LogP contribution < -0.4 is 9.50 Å². The zero-order valence-electron chi connectivity index (χ0n) is 17.3. The summed E-state index contributed by atoms with van der Waals surface area (Å²) in [6.07, 6.45) is 1.24. The van der Waals surface area contributed by atoms with E-state index in [0.29, 0.717) is 5.69 Å². The second-order valence-electron chi connectivity index (χ2n) is 6.97. The fourth-order valence-electron chi connectivity index (χ4n) is 2.91.